The predicted octanol–water partition coefficient (Wildman–Crippen LogP) is 4.28. The van der Waals surface area contributed by atoms with Gasteiger partial charge in [0, 0.05) is 12.0 Å². The van der Waals surface area contributed by atoms with Gasteiger partial charge in [0.05, 0.1) is 0 Å². The number of hydrogen-bond donors (Lipinski definition) is 2. The minimum atomic E-state index is -0.0669. The maximum atomic E-state index is 10.3. The second-order valence-electron chi connectivity index (χ2n) is 5.40. The Morgan fingerprint density at radius 2 is 1.14 bits per heavy atom. The highest BCUT2D eigenvalue weighted by molar-refractivity contribution is 5.52. The Labute approximate surface area is 130 Å². The van der Waals surface area contributed by atoms with Crippen LogP contribution in [-0.2, 0) is 12.8 Å². The van der Waals surface area contributed by atoms with Crippen molar-refractivity contribution in [3.63, 3.8) is 0 Å². The Balaban J connectivity index is 1.97. The van der Waals surface area contributed by atoms with Gasteiger partial charge < -0.3 is 10.2 Å². The monoisotopic (exact) mass is 290 g/mol. The first-order valence-electron chi connectivity index (χ1n) is 7.34. The van der Waals surface area contributed by atoms with Crippen LogP contribution in [0.25, 0.3) is 0 Å². The molecule has 0 aliphatic carbocycles. The highest BCUT2D eigenvalue weighted by atomic mass is 16.3. The summed E-state index contributed by atoms with van der Waals surface area (Å²) in [6, 6.07) is 23.6. The van der Waals surface area contributed by atoms with Crippen molar-refractivity contribution in [2.24, 2.45) is 0 Å². The van der Waals surface area contributed by atoms with Gasteiger partial charge >= 0.3 is 0 Å². The maximum Gasteiger partial charge on any atom is 0.161 e. The van der Waals surface area contributed by atoms with Crippen molar-refractivity contribution in [3.8, 4) is 11.5 Å². The number of phenolic OH excluding ortho intramolecular Hbond substituents is 2. The Hall–Kier alpha value is -2.74. The molecule has 0 bridgehead atoms. The van der Waals surface area contributed by atoms with Crippen LogP contribution in [0.1, 0.15) is 22.3 Å². The number of hydrogen-bond acceptors (Lipinski definition) is 2. The Morgan fingerprint density at radius 1 is 0.591 bits per heavy atom. The quantitative estimate of drug-likeness (QED) is 0.704. The predicted molar refractivity (Wildman–Crippen MR) is 88.3 cm³/mol. The van der Waals surface area contributed by atoms with Crippen molar-refractivity contribution in [1.82, 2.24) is 0 Å². The molecule has 0 saturated carbocycles. The van der Waals surface area contributed by atoms with Crippen molar-refractivity contribution in [3.05, 3.63) is 95.1 Å². The molecule has 22 heavy (non-hydrogen) atoms. The molecule has 0 radical (unpaired) electrons. The van der Waals surface area contributed by atoms with Gasteiger partial charge in [0.25, 0.3) is 0 Å². The Morgan fingerprint density at radius 3 is 1.73 bits per heavy atom. The molecule has 0 aliphatic heterocycles. The van der Waals surface area contributed by atoms with Crippen LogP contribution < -0.4 is 0 Å². The molecule has 3 aromatic rings. The van der Waals surface area contributed by atoms with Crippen LogP contribution in [0.15, 0.2) is 72.8 Å². The van der Waals surface area contributed by atoms with E-state index in [2.05, 4.69) is 12.1 Å². The summed E-state index contributed by atoms with van der Waals surface area (Å²) < 4.78 is 0. The molecule has 3 rings (SSSR count). The summed E-state index contributed by atoms with van der Waals surface area (Å²) in [6.07, 6.45) is 1.33. The third-order valence-corrected chi connectivity index (χ3v) is 3.82. The molecule has 0 aromatic heterocycles. The fourth-order valence-corrected chi connectivity index (χ4v) is 2.64. The Kier molecular flexibility index (Phi) is 4.10. The van der Waals surface area contributed by atoms with Gasteiger partial charge in [0.1, 0.15) is 0 Å². The van der Waals surface area contributed by atoms with Gasteiger partial charge in [-0.15, -0.1) is 0 Å². The molecule has 2 nitrogen and oxygen atoms in total. The van der Waals surface area contributed by atoms with Gasteiger partial charge in [-0.1, -0.05) is 66.7 Å². The van der Waals surface area contributed by atoms with Crippen molar-refractivity contribution in [1.29, 1.82) is 0 Å². The van der Waals surface area contributed by atoms with Crippen LogP contribution in [0.4, 0.5) is 0 Å². The van der Waals surface area contributed by atoms with Gasteiger partial charge in [-0.2, -0.15) is 0 Å². The highest BCUT2D eigenvalue weighted by Gasteiger charge is 2.13. The summed E-state index contributed by atoms with van der Waals surface area (Å²) >= 11 is 0. The molecular weight excluding hydrogens is 272 g/mol. The van der Waals surface area contributed by atoms with E-state index in [1.54, 1.807) is 6.07 Å². The second kappa shape index (κ2) is 6.35. The summed E-state index contributed by atoms with van der Waals surface area (Å²) in [7, 11) is 0. The van der Waals surface area contributed by atoms with Gasteiger partial charge in [-0.3, -0.25) is 0 Å². The lowest BCUT2D eigenvalue weighted by Crippen LogP contribution is -1.98. The highest BCUT2D eigenvalue weighted by Crippen LogP contribution is 2.34. The van der Waals surface area contributed by atoms with E-state index in [-0.39, 0.29) is 11.5 Å². The van der Waals surface area contributed by atoms with Crippen molar-refractivity contribution in [2.45, 2.75) is 12.8 Å². The number of benzene rings is 3. The van der Waals surface area contributed by atoms with Crippen LogP contribution in [0.3, 0.4) is 0 Å². The van der Waals surface area contributed by atoms with Gasteiger partial charge in [-0.05, 0) is 29.2 Å². The first-order chi connectivity index (χ1) is 10.7. The largest absolute Gasteiger partial charge is 0.504 e. The smallest absolute Gasteiger partial charge is 0.161 e. The van der Waals surface area contributed by atoms with Gasteiger partial charge in [-0.25, -0.2) is 0 Å². The molecule has 3 aromatic carbocycles. The van der Waals surface area contributed by atoms with Crippen LogP contribution >= 0.6 is 0 Å². The minimum absolute atomic E-state index is 0.0164. The molecule has 0 saturated heterocycles. The number of rotatable bonds is 4. The zero-order valence-corrected chi connectivity index (χ0v) is 12.2. The van der Waals surface area contributed by atoms with Crippen molar-refractivity contribution < 1.29 is 10.2 Å². The lowest BCUT2D eigenvalue weighted by Gasteiger charge is -2.13. The molecule has 0 unspecified atom stereocenters. The fourth-order valence-electron chi connectivity index (χ4n) is 2.64. The molecule has 110 valence electrons. The lowest BCUT2D eigenvalue weighted by atomic mass is 9.94. The summed E-state index contributed by atoms with van der Waals surface area (Å²) in [5, 5.41) is 20.1. The maximum absolute atomic E-state index is 10.3. The third kappa shape index (κ3) is 3.12. The molecule has 0 amide bonds. The van der Waals surface area contributed by atoms with E-state index in [1.807, 2.05) is 54.6 Å². The molecule has 0 spiro atoms. The molecular formula is C20H18O2. The lowest BCUT2D eigenvalue weighted by molar-refractivity contribution is 0.399. The zero-order valence-electron chi connectivity index (χ0n) is 12.2. The SMILES string of the molecule is Oc1ccc(Cc2ccccc2)c(Cc2ccccc2)c1O. The zero-order chi connectivity index (χ0) is 15.4. The van der Waals surface area contributed by atoms with E-state index in [1.165, 1.54) is 5.56 Å². The first kappa shape index (κ1) is 14.2. The molecule has 0 fully saturated rings. The average Bonchev–Trinajstić information content (AvgIpc) is 2.56. The first-order valence-corrected chi connectivity index (χ1v) is 7.34. The molecule has 0 atom stereocenters. The molecule has 2 heteroatoms. The topological polar surface area (TPSA) is 40.5 Å². The summed E-state index contributed by atoms with van der Waals surface area (Å²) in [5.41, 5.74) is 4.11. The van der Waals surface area contributed by atoms with Crippen LogP contribution in [0.5, 0.6) is 11.5 Å². The number of aromatic hydroxyl groups is 2. The average molecular weight is 290 g/mol. The van der Waals surface area contributed by atoms with E-state index in [4.69, 9.17) is 0 Å². The van der Waals surface area contributed by atoms with Crippen LogP contribution in [-0.4, -0.2) is 10.2 Å². The molecule has 0 heterocycles. The Bertz CT molecular complexity index is 749. The summed E-state index contributed by atoms with van der Waals surface area (Å²) in [4.78, 5) is 0. The second-order valence-corrected chi connectivity index (χ2v) is 5.40. The van der Waals surface area contributed by atoms with Crippen molar-refractivity contribution in [2.75, 3.05) is 0 Å². The minimum Gasteiger partial charge on any atom is -0.504 e. The van der Waals surface area contributed by atoms with E-state index >= 15 is 0 Å². The molecule has 0 aliphatic rings. The standard InChI is InChI=1S/C20H18O2/c21-19-12-11-17(13-15-7-3-1-4-8-15)18(20(19)22)14-16-9-5-2-6-10-16/h1-12,21-22H,13-14H2. The third-order valence-electron chi connectivity index (χ3n) is 3.82. The summed E-state index contributed by atoms with van der Waals surface area (Å²) in [5.74, 6) is -0.0833. The van der Waals surface area contributed by atoms with Crippen LogP contribution in [0, 0.1) is 0 Å². The van der Waals surface area contributed by atoms with Gasteiger partial charge in [0.15, 0.2) is 11.5 Å². The normalized spacial score (nSPS) is 10.5. The number of phenols is 2. The van der Waals surface area contributed by atoms with E-state index in [0.29, 0.717) is 6.42 Å². The van der Waals surface area contributed by atoms with Crippen LogP contribution in [0.2, 0.25) is 0 Å². The van der Waals surface area contributed by atoms with E-state index in [0.717, 1.165) is 23.1 Å². The van der Waals surface area contributed by atoms with E-state index in [9.17, 15) is 10.2 Å². The fraction of sp³-hybridized carbons (Fsp3) is 0.100. The van der Waals surface area contributed by atoms with Gasteiger partial charge in [0.2, 0.25) is 0 Å². The van der Waals surface area contributed by atoms with Crippen molar-refractivity contribution >= 4 is 0 Å². The summed E-state index contributed by atoms with van der Waals surface area (Å²) in [6.45, 7) is 0. The molecule has 2 N–H and O–H groups in total. The van der Waals surface area contributed by atoms with E-state index < -0.39 is 0 Å².